The van der Waals surface area contributed by atoms with Crippen LogP contribution in [0.15, 0.2) is 26.2 Å². The number of ether oxygens (including phenoxy) is 2. The number of nitrogens with one attached hydrogen (secondary N) is 4. The number of H-pyrrole nitrogens is 4. The van der Waals surface area contributed by atoms with E-state index < -0.39 is 5.92 Å². The molecular weight excluding hydrogens is 428 g/mol. The van der Waals surface area contributed by atoms with Gasteiger partial charge in [-0.15, -0.1) is 0 Å². The minimum absolute atomic E-state index is 0.273. The largest absolute Gasteiger partial charge is 0.490 e. The van der Waals surface area contributed by atoms with Crippen LogP contribution in [0.3, 0.4) is 0 Å². The zero-order valence-corrected chi connectivity index (χ0v) is 17.7. The number of benzene rings is 1. The topological polar surface area (TPSA) is 116 Å². The maximum atomic E-state index is 12.6. The molecule has 0 aliphatic carbocycles. The van der Waals surface area contributed by atoms with Crippen molar-refractivity contribution in [3.63, 3.8) is 0 Å². The number of halogens is 1. The normalized spacial score (nSPS) is 11.2. The van der Waals surface area contributed by atoms with Crippen LogP contribution in [-0.4, -0.2) is 33.6 Å². The first-order valence-corrected chi connectivity index (χ1v) is 9.81. The minimum atomic E-state index is -0.587. The van der Waals surface area contributed by atoms with E-state index in [-0.39, 0.29) is 11.1 Å². The van der Waals surface area contributed by atoms with Gasteiger partial charge in [0.1, 0.15) is 0 Å². The lowest BCUT2D eigenvalue weighted by molar-refractivity contribution is 0.286. The predicted octanol–water partition coefficient (Wildman–Crippen LogP) is 3.08. The van der Waals surface area contributed by atoms with Crippen molar-refractivity contribution >= 4 is 15.9 Å². The average molecular weight is 451 g/mol. The molecule has 8 nitrogen and oxygen atoms in total. The van der Waals surface area contributed by atoms with Crippen LogP contribution in [0.1, 0.15) is 47.8 Å². The number of aryl methyl sites for hydroxylation is 2. The zero-order chi connectivity index (χ0) is 20.4. The quantitative estimate of drug-likeness (QED) is 0.442. The van der Waals surface area contributed by atoms with Gasteiger partial charge in [-0.05, 0) is 61.3 Å². The van der Waals surface area contributed by atoms with E-state index in [1.54, 1.807) is 13.8 Å². The lowest BCUT2D eigenvalue weighted by atomic mass is 9.85. The summed E-state index contributed by atoms with van der Waals surface area (Å²) in [4.78, 5) is 25.1. The number of aromatic nitrogens is 4. The first-order valence-electron chi connectivity index (χ1n) is 9.02. The van der Waals surface area contributed by atoms with Crippen LogP contribution in [0, 0.1) is 13.8 Å². The summed E-state index contributed by atoms with van der Waals surface area (Å²) in [5, 5.41) is 10.9. The maximum absolute atomic E-state index is 12.6. The molecular formula is C19H23BrN4O4. The monoisotopic (exact) mass is 450 g/mol. The van der Waals surface area contributed by atoms with E-state index in [0.29, 0.717) is 51.7 Å². The van der Waals surface area contributed by atoms with Gasteiger partial charge in [0.05, 0.1) is 28.8 Å². The van der Waals surface area contributed by atoms with Gasteiger partial charge in [0.15, 0.2) is 11.5 Å². The highest BCUT2D eigenvalue weighted by atomic mass is 79.9. The highest BCUT2D eigenvalue weighted by Gasteiger charge is 2.29. The van der Waals surface area contributed by atoms with Gasteiger partial charge in [-0.2, -0.15) is 0 Å². The Kier molecular flexibility index (Phi) is 5.83. The Labute approximate surface area is 169 Å². The van der Waals surface area contributed by atoms with Crippen molar-refractivity contribution in [2.24, 2.45) is 0 Å². The molecule has 3 rings (SSSR count). The molecule has 0 atom stereocenters. The first-order chi connectivity index (χ1) is 13.4. The number of hydrogen-bond donors (Lipinski definition) is 4. The molecule has 0 saturated heterocycles. The molecule has 9 heteroatoms. The molecule has 2 heterocycles. The van der Waals surface area contributed by atoms with Gasteiger partial charge in [0, 0.05) is 17.3 Å². The van der Waals surface area contributed by atoms with Gasteiger partial charge < -0.3 is 19.7 Å². The summed E-state index contributed by atoms with van der Waals surface area (Å²) in [6, 6.07) is 3.68. The summed E-state index contributed by atoms with van der Waals surface area (Å²) in [5.41, 5.74) is 2.48. The second kappa shape index (κ2) is 8.14. The van der Waals surface area contributed by atoms with E-state index in [9.17, 15) is 9.59 Å². The van der Waals surface area contributed by atoms with Gasteiger partial charge in [-0.1, -0.05) is 0 Å². The molecule has 0 fully saturated rings. The minimum Gasteiger partial charge on any atom is -0.490 e. The van der Waals surface area contributed by atoms with Crippen molar-refractivity contribution in [2.75, 3.05) is 13.2 Å². The van der Waals surface area contributed by atoms with Gasteiger partial charge in [-0.25, -0.2) is 0 Å². The van der Waals surface area contributed by atoms with Crippen LogP contribution in [0.25, 0.3) is 0 Å². The van der Waals surface area contributed by atoms with Crippen LogP contribution in [0.5, 0.6) is 11.5 Å². The Hall–Kier alpha value is -2.68. The Morgan fingerprint density at radius 2 is 1.43 bits per heavy atom. The van der Waals surface area contributed by atoms with Crippen molar-refractivity contribution in [2.45, 2.75) is 33.6 Å². The van der Waals surface area contributed by atoms with Gasteiger partial charge in [0.25, 0.3) is 11.1 Å². The molecule has 0 amide bonds. The average Bonchev–Trinajstić information content (AvgIpc) is 3.15. The third kappa shape index (κ3) is 3.54. The van der Waals surface area contributed by atoms with Crippen molar-refractivity contribution in [1.82, 2.24) is 20.4 Å². The molecule has 0 unspecified atom stereocenters. The molecule has 0 spiro atoms. The molecule has 0 radical (unpaired) electrons. The highest BCUT2D eigenvalue weighted by Crippen LogP contribution is 2.41. The van der Waals surface area contributed by atoms with E-state index in [2.05, 4.69) is 36.3 Å². The van der Waals surface area contributed by atoms with Crippen molar-refractivity contribution < 1.29 is 9.47 Å². The fraction of sp³-hybridized carbons (Fsp3) is 0.368. The SMILES string of the molecule is CCOc1cc(C(c2c(C)[nH][nH]c2=O)c2c(C)[nH][nH]c2=O)cc(Br)c1OCC. The maximum Gasteiger partial charge on any atom is 0.268 e. The van der Waals surface area contributed by atoms with Crippen LogP contribution in [0.2, 0.25) is 0 Å². The molecule has 0 bridgehead atoms. The van der Waals surface area contributed by atoms with E-state index in [4.69, 9.17) is 9.47 Å². The van der Waals surface area contributed by atoms with Crippen LogP contribution in [0.4, 0.5) is 0 Å². The van der Waals surface area contributed by atoms with E-state index >= 15 is 0 Å². The fourth-order valence-corrected chi connectivity index (χ4v) is 3.96. The zero-order valence-electron chi connectivity index (χ0n) is 16.2. The van der Waals surface area contributed by atoms with E-state index in [0.717, 1.165) is 5.56 Å². The molecule has 4 N–H and O–H groups in total. The van der Waals surface area contributed by atoms with Gasteiger partial charge in [0.2, 0.25) is 0 Å². The Morgan fingerprint density at radius 1 is 0.893 bits per heavy atom. The fourth-order valence-electron chi connectivity index (χ4n) is 3.39. The van der Waals surface area contributed by atoms with Gasteiger partial charge in [-0.3, -0.25) is 19.8 Å². The van der Waals surface area contributed by atoms with Crippen molar-refractivity contribution in [1.29, 1.82) is 0 Å². The Balaban J connectivity index is 2.31. The third-order valence-corrected chi connectivity index (χ3v) is 5.14. The second-order valence-electron chi connectivity index (χ2n) is 6.36. The number of rotatable bonds is 7. The van der Waals surface area contributed by atoms with Crippen LogP contribution >= 0.6 is 15.9 Å². The Bertz CT molecular complexity index is 1040. The number of aromatic amines is 4. The predicted molar refractivity (Wildman–Crippen MR) is 110 cm³/mol. The van der Waals surface area contributed by atoms with E-state index in [1.165, 1.54) is 0 Å². The van der Waals surface area contributed by atoms with Crippen molar-refractivity contribution in [3.8, 4) is 11.5 Å². The molecule has 150 valence electrons. The molecule has 1 aromatic carbocycles. The Morgan fingerprint density at radius 3 is 1.86 bits per heavy atom. The van der Waals surface area contributed by atoms with Crippen molar-refractivity contribution in [3.05, 3.63) is 65.4 Å². The highest BCUT2D eigenvalue weighted by molar-refractivity contribution is 9.10. The third-order valence-electron chi connectivity index (χ3n) is 4.56. The summed E-state index contributed by atoms with van der Waals surface area (Å²) < 4.78 is 12.2. The smallest absolute Gasteiger partial charge is 0.268 e. The molecule has 3 aromatic rings. The van der Waals surface area contributed by atoms with Crippen LogP contribution in [-0.2, 0) is 0 Å². The standard InChI is InChI=1S/C19H23BrN4O4/c1-5-27-13-8-11(7-12(20)17(13)28-6-2)16(14-9(3)21-23-18(14)25)15-10(4)22-24-19(15)26/h7-8,16H,5-6H2,1-4H3,(H2,21,23,25)(H2,22,24,26). The molecule has 0 aliphatic heterocycles. The summed E-state index contributed by atoms with van der Waals surface area (Å²) in [6.45, 7) is 8.30. The van der Waals surface area contributed by atoms with E-state index in [1.807, 2.05) is 26.0 Å². The summed E-state index contributed by atoms with van der Waals surface area (Å²) in [7, 11) is 0. The lowest BCUT2D eigenvalue weighted by Crippen LogP contribution is -2.20. The molecule has 28 heavy (non-hydrogen) atoms. The molecule has 0 aliphatic rings. The lowest BCUT2D eigenvalue weighted by Gasteiger charge is -2.20. The summed E-state index contributed by atoms with van der Waals surface area (Å²) >= 11 is 3.55. The second-order valence-corrected chi connectivity index (χ2v) is 7.22. The first kappa shape index (κ1) is 20.1. The van der Waals surface area contributed by atoms with Crippen LogP contribution < -0.4 is 20.6 Å². The molecule has 2 aromatic heterocycles. The summed E-state index contributed by atoms with van der Waals surface area (Å²) in [6.07, 6.45) is 0. The molecule has 0 saturated carbocycles. The van der Waals surface area contributed by atoms with Gasteiger partial charge >= 0.3 is 0 Å². The summed E-state index contributed by atoms with van der Waals surface area (Å²) in [5.74, 6) is 0.551. The number of hydrogen-bond acceptors (Lipinski definition) is 4.